The summed E-state index contributed by atoms with van der Waals surface area (Å²) in [5, 5.41) is 11.1. The van der Waals surface area contributed by atoms with Crippen molar-refractivity contribution >= 4 is 34.8 Å². The number of methoxy groups -OCH3 is 2. The lowest BCUT2D eigenvalue weighted by atomic mass is 9.98. The summed E-state index contributed by atoms with van der Waals surface area (Å²) in [6, 6.07) is 14.5. The summed E-state index contributed by atoms with van der Waals surface area (Å²) in [7, 11) is 2.61. The quantitative estimate of drug-likeness (QED) is 0.225. The molecule has 0 unspecified atom stereocenters. The molecule has 0 radical (unpaired) electrons. The molecule has 1 aliphatic rings. The average molecular weight is 452 g/mol. The molecule has 0 saturated carbocycles. The third-order valence-electron chi connectivity index (χ3n) is 4.93. The Hall–Kier alpha value is -3.98. The van der Waals surface area contributed by atoms with Gasteiger partial charge in [0.05, 0.1) is 33.1 Å². The van der Waals surface area contributed by atoms with Gasteiger partial charge in [-0.15, -0.1) is 0 Å². The van der Waals surface area contributed by atoms with Crippen LogP contribution in [-0.4, -0.2) is 73.9 Å². The van der Waals surface area contributed by atoms with E-state index in [1.165, 1.54) is 24.1 Å². The zero-order valence-corrected chi connectivity index (χ0v) is 18.3. The van der Waals surface area contributed by atoms with Crippen LogP contribution >= 0.6 is 0 Å². The molecule has 0 aromatic heterocycles. The van der Waals surface area contributed by atoms with Gasteiger partial charge in [0.2, 0.25) is 0 Å². The number of carbonyl (C=O) groups excluding carboxylic acids is 3. The molecule has 9 heteroatoms. The number of aliphatic imine (C=N–C) groups is 1. The number of ketones is 1. The van der Waals surface area contributed by atoms with Crippen LogP contribution in [0, 0.1) is 0 Å². The molecule has 0 aliphatic carbocycles. The van der Waals surface area contributed by atoms with Crippen molar-refractivity contribution in [2.24, 2.45) is 4.99 Å². The SMILES string of the molecule is COC(=O)C(=Nc1ccccc1)/C(C(=O)C(=O)N1CCOCC1)=C(\O)c1ccc(OC)cc1. The molecule has 1 amide bonds. The Morgan fingerprint density at radius 2 is 1.61 bits per heavy atom. The van der Waals surface area contributed by atoms with Crippen molar-refractivity contribution in [1.29, 1.82) is 0 Å². The molecule has 2 aromatic carbocycles. The predicted molar refractivity (Wildman–Crippen MR) is 121 cm³/mol. The number of esters is 1. The maximum absolute atomic E-state index is 13.4. The van der Waals surface area contributed by atoms with E-state index in [-0.39, 0.29) is 31.9 Å². The molecule has 0 spiro atoms. The molecule has 0 atom stereocenters. The molecule has 0 bridgehead atoms. The Bertz CT molecular complexity index is 1070. The van der Waals surface area contributed by atoms with E-state index in [4.69, 9.17) is 14.2 Å². The Kier molecular flexibility index (Phi) is 7.93. The van der Waals surface area contributed by atoms with E-state index in [0.29, 0.717) is 11.4 Å². The first-order valence-electron chi connectivity index (χ1n) is 10.2. The molecular weight excluding hydrogens is 428 g/mol. The van der Waals surface area contributed by atoms with E-state index < -0.39 is 34.7 Å². The van der Waals surface area contributed by atoms with Gasteiger partial charge in [-0.1, -0.05) is 18.2 Å². The van der Waals surface area contributed by atoms with Crippen LogP contribution in [0.25, 0.3) is 5.76 Å². The number of benzene rings is 2. The smallest absolute Gasteiger partial charge is 0.357 e. The zero-order valence-electron chi connectivity index (χ0n) is 18.3. The Morgan fingerprint density at radius 1 is 0.970 bits per heavy atom. The van der Waals surface area contributed by atoms with Crippen LogP contribution < -0.4 is 4.74 Å². The largest absolute Gasteiger partial charge is 0.506 e. The fraction of sp³-hybridized carbons (Fsp3) is 0.250. The number of aliphatic hydroxyl groups is 1. The number of hydrogen-bond donors (Lipinski definition) is 1. The van der Waals surface area contributed by atoms with E-state index in [2.05, 4.69) is 4.99 Å². The van der Waals surface area contributed by atoms with Gasteiger partial charge >= 0.3 is 5.97 Å². The van der Waals surface area contributed by atoms with E-state index in [9.17, 15) is 19.5 Å². The number of carbonyl (C=O) groups is 3. The van der Waals surface area contributed by atoms with Crippen LogP contribution in [0.3, 0.4) is 0 Å². The molecule has 1 saturated heterocycles. The number of para-hydroxylation sites is 1. The fourth-order valence-corrected chi connectivity index (χ4v) is 3.17. The molecule has 172 valence electrons. The van der Waals surface area contributed by atoms with Crippen LogP contribution in [0.15, 0.2) is 65.2 Å². The summed E-state index contributed by atoms with van der Waals surface area (Å²) in [6.45, 7) is 0.990. The summed E-state index contributed by atoms with van der Waals surface area (Å²) in [5.41, 5.74) is -0.501. The molecule has 1 heterocycles. The van der Waals surface area contributed by atoms with Crippen molar-refractivity contribution in [2.45, 2.75) is 0 Å². The zero-order chi connectivity index (χ0) is 23.8. The first-order valence-corrected chi connectivity index (χ1v) is 10.2. The molecule has 33 heavy (non-hydrogen) atoms. The topological polar surface area (TPSA) is 115 Å². The molecule has 2 aromatic rings. The highest BCUT2D eigenvalue weighted by Gasteiger charge is 2.35. The first kappa shape index (κ1) is 23.7. The highest BCUT2D eigenvalue weighted by molar-refractivity contribution is 6.60. The molecule has 1 fully saturated rings. The second-order valence-corrected chi connectivity index (χ2v) is 6.97. The number of hydrogen-bond acceptors (Lipinski definition) is 8. The minimum Gasteiger partial charge on any atom is -0.506 e. The van der Waals surface area contributed by atoms with Gasteiger partial charge in [-0.05, 0) is 36.4 Å². The highest BCUT2D eigenvalue weighted by Crippen LogP contribution is 2.24. The Balaban J connectivity index is 2.17. The van der Waals surface area contributed by atoms with Crippen molar-refractivity contribution in [1.82, 2.24) is 4.90 Å². The van der Waals surface area contributed by atoms with Crippen LogP contribution in [-0.2, 0) is 23.9 Å². The fourth-order valence-electron chi connectivity index (χ4n) is 3.17. The third kappa shape index (κ3) is 5.64. The van der Waals surface area contributed by atoms with E-state index in [0.717, 1.165) is 7.11 Å². The van der Waals surface area contributed by atoms with Gasteiger partial charge in [0, 0.05) is 18.7 Å². The van der Waals surface area contributed by atoms with E-state index >= 15 is 0 Å². The maximum Gasteiger partial charge on any atom is 0.357 e. The second kappa shape index (κ2) is 11.1. The summed E-state index contributed by atoms with van der Waals surface area (Å²) in [4.78, 5) is 44.6. The lowest BCUT2D eigenvalue weighted by molar-refractivity contribution is -0.145. The van der Waals surface area contributed by atoms with Gasteiger partial charge in [-0.25, -0.2) is 9.79 Å². The van der Waals surface area contributed by atoms with Crippen molar-refractivity contribution in [2.75, 3.05) is 40.5 Å². The molecule has 9 nitrogen and oxygen atoms in total. The van der Waals surface area contributed by atoms with Crippen LogP contribution in [0.2, 0.25) is 0 Å². The van der Waals surface area contributed by atoms with Crippen molar-refractivity contribution in [3.8, 4) is 5.75 Å². The van der Waals surface area contributed by atoms with Gasteiger partial charge in [-0.2, -0.15) is 0 Å². The minimum atomic E-state index is -1.08. The Morgan fingerprint density at radius 3 is 2.18 bits per heavy atom. The number of nitrogens with zero attached hydrogens (tertiary/aromatic N) is 2. The van der Waals surface area contributed by atoms with E-state index in [1.54, 1.807) is 42.5 Å². The summed E-state index contributed by atoms with van der Waals surface area (Å²) < 4.78 is 15.2. The van der Waals surface area contributed by atoms with Crippen molar-refractivity contribution in [3.63, 3.8) is 0 Å². The maximum atomic E-state index is 13.4. The summed E-state index contributed by atoms with van der Waals surface area (Å²) in [6.07, 6.45) is 0. The number of Topliss-reactive ketones (excluding diaryl/α,β-unsaturated/α-hetero) is 1. The number of ether oxygens (including phenoxy) is 3. The van der Waals surface area contributed by atoms with Crippen molar-refractivity contribution < 1.29 is 33.7 Å². The lowest BCUT2D eigenvalue weighted by Gasteiger charge is -2.26. The van der Waals surface area contributed by atoms with Gasteiger partial charge in [0.1, 0.15) is 17.1 Å². The predicted octanol–water partition coefficient (Wildman–Crippen LogP) is 2.34. The molecular formula is C24H24N2O7. The second-order valence-electron chi connectivity index (χ2n) is 6.97. The van der Waals surface area contributed by atoms with Gasteiger partial charge in [-0.3, -0.25) is 9.59 Å². The summed E-state index contributed by atoms with van der Waals surface area (Å²) in [5.74, 6) is -2.99. The van der Waals surface area contributed by atoms with Gasteiger partial charge < -0.3 is 24.2 Å². The van der Waals surface area contributed by atoms with Crippen LogP contribution in [0.1, 0.15) is 5.56 Å². The monoisotopic (exact) mass is 452 g/mol. The number of amides is 1. The van der Waals surface area contributed by atoms with Gasteiger partial charge in [0.15, 0.2) is 5.71 Å². The number of aliphatic hydroxyl groups excluding tert-OH is 1. The number of morpholine rings is 1. The normalized spacial score (nSPS) is 14.8. The van der Waals surface area contributed by atoms with E-state index in [1.807, 2.05) is 0 Å². The molecule has 1 N–H and O–H groups in total. The first-order chi connectivity index (χ1) is 16.0. The summed E-state index contributed by atoms with van der Waals surface area (Å²) >= 11 is 0. The minimum absolute atomic E-state index is 0.193. The third-order valence-corrected chi connectivity index (χ3v) is 4.93. The highest BCUT2D eigenvalue weighted by atomic mass is 16.5. The van der Waals surface area contributed by atoms with Gasteiger partial charge in [0.25, 0.3) is 11.7 Å². The number of rotatable bonds is 7. The van der Waals surface area contributed by atoms with Crippen LogP contribution in [0.5, 0.6) is 5.75 Å². The average Bonchev–Trinajstić information content (AvgIpc) is 2.88. The van der Waals surface area contributed by atoms with Crippen molar-refractivity contribution in [3.05, 3.63) is 65.7 Å². The standard InChI is InChI=1S/C24H24N2O7/c1-31-18-10-8-16(9-11-18)21(27)19(22(28)23(29)26-12-14-33-15-13-26)20(24(30)32-2)25-17-6-4-3-5-7-17/h3-11,27H,12-15H2,1-2H3/b21-19+,25-20?. The molecule has 1 aliphatic heterocycles. The Labute approximate surface area is 190 Å². The lowest BCUT2D eigenvalue weighted by Crippen LogP contribution is -2.45. The van der Waals surface area contributed by atoms with Crippen LogP contribution in [0.4, 0.5) is 5.69 Å². The molecule has 3 rings (SSSR count).